The SMILES string of the molecule is [2H]N(CCCCCCCCCCCC)C(O)C[C@@H](O)[C@H](O)[C@H](O)CO. The Kier molecular flexibility index (Phi) is 14.8. The summed E-state index contributed by atoms with van der Waals surface area (Å²) in [6, 6.07) is 0. The molecule has 0 saturated carbocycles. The normalized spacial score (nSPS) is 17.5. The van der Waals surface area contributed by atoms with Crippen molar-refractivity contribution in [2.45, 2.75) is 102 Å². The number of aliphatic hydroxyl groups is 5. The molecule has 6 heteroatoms. The van der Waals surface area contributed by atoms with Crippen LogP contribution in [0.1, 0.15) is 77.6 Å². The minimum absolute atomic E-state index is 0.251. The van der Waals surface area contributed by atoms with Gasteiger partial charge in [-0.1, -0.05) is 64.7 Å². The Morgan fingerprint density at radius 1 is 0.792 bits per heavy atom. The monoisotopic (exact) mass is 350 g/mol. The standard InChI is InChI=1S/C18H39NO5/c1-2-3-4-5-6-7-8-9-10-11-12-19-17(23)13-15(21)18(24)16(22)14-20/h15-24H,2-14H2,1H3/t15-,16-,17?,18+/m1/s1/i/hD. The summed E-state index contributed by atoms with van der Waals surface area (Å²) in [5.41, 5.74) is 0. The molecule has 4 atom stereocenters. The van der Waals surface area contributed by atoms with Crippen molar-refractivity contribution in [2.75, 3.05) is 13.2 Å². The van der Waals surface area contributed by atoms with Gasteiger partial charge in [0, 0.05) is 6.42 Å². The summed E-state index contributed by atoms with van der Waals surface area (Å²) in [6.07, 6.45) is 6.09. The third-order valence-electron chi connectivity index (χ3n) is 4.28. The third-order valence-corrected chi connectivity index (χ3v) is 4.28. The summed E-state index contributed by atoms with van der Waals surface area (Å²) < 4.78 is 7.75. The van der Waals surface area contributed by atoms with E-state index in [-0.39, 0.29) is 6.42 Å². The highest BCUT2D eigenvalue weighted by Gasteiger charge is 2.25. The summed E-state index contributed by atoms with van der Waals surface area (Å²) in [5.74, 6) is 0. The van der Waals surface area contributed by atoms with Gasteiger partial charge in [0.25, 0.3) is 0 Å². The molecule has 6 nitrogen and oxygen atoms in total. The van der Waals surface area contributed by atoms with E-state index in [1.165, 1.54) is 44.9 Å². The number of rotatable bonds is 17. The first-order valence-corrected chi connectivity index (χ1v) is 9.52. The second-order valence-electron chi connectivity index (χ2n) is 6.61. The van der Waals surface area contributed by atoms with Crippen LogP contribution in [-0.4, -0.2) is 63.2 Å². The van der Waals surface area contributed by atoms with Gasteiger partial charge in [0.1, 0.15) is 19.8 Å². The lowest BCUT2D eigenvalue weighted by molar-refractivity contribution is -0.0899. The second kappa shape index (κ2) is 16.2. The van der Waals surface area contributed by atoms with Crippen molar-refractivity contribution in [1.82, 2.24) is 5.31 Å². The van der Waals surface area contributed by atoms with E-state index in [0.29, 0.717) is 6.54 Å². The molecule has 0 aromatic carbocycles. The number of nitrogens with one attached hydrogen (secondary N) is 1. The van der Waals surface area contributed by atoms with Crippen LogP contribution in [0, 0.1) is 0 Å². The molecule has 1 unspecified atom stereocenters. The zero-order valence-corrected chi connectivity index (χ0v) is 15.2. The van der Waals surface area contributed by atoms with E-state index in [0.717, 1.165) is 24.6 Å². The van der Waals surface area contributed by atoms with Crippen molar-refractivity contribution in [3.8, 4) is 0 Å². The average Bonchev–Trinajstić information content (AvgIpc) is 2.61. The molecule has 0 saturated heterocycles. The molecule has 0 heterocycles. The van der Waals surface area contributed by atoms with Crippen molar-refractivity contribution >= 4 is 0 Å². The van der Waals surface area contributed by atoms with Crippen LogP contribution in [0.2, 0.25) is 1.41 Å². The smallest absolute Gasteiger partial charge is 0.125 e. The van der Waals surface area contributed by atoms with Gasteiger partial charge in [-0.15, -0.1) is 0 Å². The molecule has 146 valence electrons. The Morgan fingerprint density at radius 2 is 1.29 bits per heavy atom. The van der Waals surface area contributed by atoms with Crippen LogP contribution >= 0.6 is 0 Å². The zero-order chi connectivity index (χ0) is 19.1. The highest BCUT2D eigenvalue weighted by atomic mass is 16.4. The number of hydrogen-bond donors (Lipinski definition) is 6. The molecule has 0 aliphatic rings. The molecule has 0 radical (unpaired) electrons. The van der Waals surface area contributed by atoms with Crippen LogP contribution in [0.5, 0.6) is 0 Å². The molecule has 6 N–H and O–H groups in total. The molecule has 0 amide bonds. The Balaban J connectivity index is 3.66. The lowest BCUT2D eigenvalue weighted by Gasteiger charge is -2.23. The first-order valence-electron chi connectivity index (χ1n) is 9.97. The van der Waals surface area contributed by atoms with Crippen LogP contribution in [0.15, 0.2) is 0 Å². The predicted molar refractivity (Wildman–Crippen MR) is 95.6 cm³/mol. The maximum Gasteiger partial charge on any atom is 0.125 e. The Hall–Kier alpha value is -0.240. The highest BCUT2D eigenvalue weighted by molar-refractivity contribution is 4.76. The fourth-order valence-electron chi connectivity index (χ4n) is 2.63. The van der Waals surface area contributed by atoms with Gasteiger partial charge in [-0.05, 0) is 13.0 Å². The minimum atomic E-state index is -1.54. The maximum atomic E-state index is 9.86. The van der Waals surface area contributed by atoms with Crippen LogP contribution < -0.4 is 5.31 Å². The van der Waals surface area contributed by atoms with Crippen molar-refractivity contribution < 1.29 is 26.9 Å². The summed E-state index contributed by atoms with van der Waals surface area (Å²) in [4.78, 5) is 0. The lowest BCUT2D eigenvalue weighted by atomic mass is 10.0. The quantitative estimate of drug-likeness (QED) is 0.174. The summed E-state index contributed by atoms with van der Waals surface area (Å²) in [5, 5.41) is 48.1. The molecular formula is C18H39NO5. The Labute approximate surface area is 148 Å². The molecule has 0 aliphatic carbocycles. The molecule has 0 rings (SSSR count). The minimum Gasteiger partial charge on any atom is -0.394 e. The molecular weight excluding hydrogens is 310 g/mol. The van der Waals surface area contributed by atoms with Gasteiger partial charge in [0.2, 0.25) is 0 Å². The first-order chi connectivity index (χ1) is 11.9. The molecule has 24 heavy (non-hydrogen) atoms. The fraction of sp³-hybridized carbons (Fsp3) is 1.00. The van der Waals surface area contributed by atoms with Gasteiger partial charge < -0.3 is 25.5 Å². The molecule has 0 fully saturated rings. The van der Waals surface area contributed by atoms with Gasteiger partial charge in [0.05, 0.1) is 12.7 Å². The van der Waals surface area contributed by atoms with E-state index < -0.39 is 31.1 Å². The maximum absolute atomic E-state index is 9.86. The fourth-order valence-corrected chi connectivity index (χ4v) is 2.63. The lowest BCUT2D eigenvalue weighted by Crippen LogP contribution is -2.43. The number of aliphatic hydroxyl groups excluding tert-OH is 5. The van der Waals surface area contributed by atoms with E-state index in [2.05, 4.69) is 6.92 Å². The average molecular weight is 351 g/mol. The van der Waals surface area contributed by atoms with E-state index in [1.807, 2.05) is 0 Å². The van der Waals surface area contributed by atoms with Crippen LogP contribution in [0.4, 0.5) is 0 Å². The number of unbranched alkanes of at least 4 members (excludes halogenated alkanes) is 9. The zero-order valence-electron chi connectivity index (χ0n) is 16.2. The predicted octanol–water partition coefficient (Wildman–Crippen LogP) is 1.28. The van der Waals surface area contributed by atoms with E-state index >= 15 is 0 Å². The van der Waals surface area contributed by atoms with Crippen molar-refractivity contribution in [1.29, 1.82) is 0 Å². The summed E-state index contributed by atoms with van der Waals surface area (Å²) in [6.45, 7) is 1.94. The first kappa shape index (κ1) is 21.8. The molecule has 0 bridgehead atoms. The van der Waals surface area contributed by atoms with Crippen LogP contribution in [-0.2, 0) is 0 Å². The molecule has 0 aliphatic heterocycles. The van der Waals surface area contributed by atoms with Crippen molar-refractivity contribution in [3.05, 3.63) is 0 Å². The molecule has 0 aromatic heterocycles. The van der Waals surface area contributed by atoms with Gasteiger partial charge in [-0.2, -0.15) is 0 Å². The van der Waals surface area contributed by atoms with Gasteiger partial charge >= 0.3 is 0 Å². The topological polar surface area (TPSA) is 113 Å². The van der Waals surface area contributed by atoms with Crippen molar-refractivity contribution in [3.63, 3.8) is 0 Å². The van der Waals surface area contributed by atoms with Crippen LogP contribution in [0.25, 0.3) is 0 Å². The molecule has 0 spiro atoms. The van der Waals surface area contributed by atoms with E-state index in [9.17, 15) is 20.4 Å². The second-order valence-corrected chi connectivity index (χ2v) is 6.61. The number of hydrogen-bond acceptors (Lipinski definition) is 6. The van der Waals surface area contributed by atoms with Gasteiger partial charge in [-0.3, -0.25) is 5.31 Å². The largest absolute Gasteiger partial charge is 0.394 e. The third kappa shape index (κ3) is 13.1. The van der Waals surface area contributed by atoms with Gasteiger partial charge in [-0.25, -0.2) is 0 Å². The van der Waals surface area contributed by atoms with E-state index in [4.69, 9.17) is 6.52 Å². The van der Waals surface area contributed by atoms with Crippen molar-refractivity contribution in [2.24, 2.45) is 0 Å². The molecule has 0 aromatic rings. The Bertz CT molecular complexity index is 299. The van der Waals surface area contributed by atoms with E-state index in [1.54, 1.807) is 0 Å². The highest BCUT2D eigenvalue weighted by Crippen LogP contribution is 2.10. The summed E-state index contributed by atoms with van der Waals surface area (Å²) >= 11 is 0. The Morgan fingerprint density at radius 3 is 1.79 bits per heavy atom. The van der Waals surface area contributed by atoms with Gasteiger partial charge in [0.15, 0.2) is 0 Å². The van der Waals surface area contributed by atoms with Crippen LogP contribution in [0.3, 0.4) is 0 Å². The summed E-state index contributed by atoms with van der Waals surface area (Å²) in [7, 11) is 0.